The van der Waals surface area contributed by atoms with E-state index in [1.165, 1.54) is 18.2 Å². The molecule has 0 bridgehead atoms. The zero-order valence-corrected chi connectivity index (χ0v) is 10.2. The zero-order chi connectivity index (χ0) is 12.3. The molecule has 1 aromatic rings. The summed E-state index contributed by atoms with van der Waals surface area (Å²) in [5, 5.41) is 8.80. The van der Waals surface area contributed by atoms with Gasteiger partial charge in [-0.1, -0.05) is 15.9 Å². The van der Waals surface area contributed by atoms with Gasteiger partial charge in [0.2, 0.25) is 6.43 Å². The van der Waals surface area contributed by atoms with Crippen molar-refractivity contribution in [2.45, 2.75) is 11.3 Å². The maximum absolute atomic E-state index is 12.1. The Morgan fingerprint density at radius 3 is 2.62 bits per heavy atom. The lowest BCUT2D eigenvalue weighted by molar-refractivity contribution is 0.0692. The quantitative estimate of drug-likeness (QED) is 0.929. The number of carboxylic acids is 1. The predicted molar refractivity (Wildman–Crippen MR) is 58.4 cm³/mol. The van der Waals surface area contributed by atoms with Crippen LogP contribution >= 0.6 is 15.9 Å². The summed E-state index contributed by atoms with van der Waals surface area (Å²) in [5.74, 6) is -2.15. The molecule has 0 spiro atoms. The monoisotopic (exact) mass is 312 g/mol. The summed E-state index contributed by atoms with van der Waals surface area (Å²) in [6, 6.07) is 3.96. The third kappa shape index (κ3) is 3.34. The van der Waals surface area contributed by atoms with E-state index in [-0.39, 0.29) is 10.5 Å². The Kier molecular flexibility index (Phi) is 4.55. The molecule has 1 N–H and O–H groups in total. The summed E-state index contributed by atoms with van der Waals surface area (Å²) in [6.45, 7) is 0. The molecule has 1 rings (SSSR count). The highest BCUT2D eigenvalue weighted by Crippen LogP contribution is 2.21. The summed E-state index contributed by atoms with van der Waals surface area (Å²) in [6.07, 6.45) is -2.73. The molecule has 16 heavy (non-hydrogen) atoms. The van der Waals surface area contributed by atoms with Crippen LogP contribution in [0.15, 0.2) is 27.6 Å². The van der Waals surface area contributed by atoms with E-state index in [0.717, 1.165) is 0 Å². The van der Waals surface area contributed by atoms with Gasteiger partial charge in [0, 0.05) is 4.47 Å². The molecule has 0 saturated carbocycles. The zero-order valence-electron chi connectivity index (χ0n) is 7.82. The molecule has 0 fully saturated rings. The third-order valence-corrected chi connectivity index (χ3v) is 3.57. The minimum Gasteiger partial charge on any atom is -0.478 e. The molecular weight excluding hydrogens is 306 g/mol. The summed E-state index contributed by atoms with van der Waals surface area (Å²) >= 11 is 3.07. The van der Waals surface area contributed by atoms with E-state index >= 15 is 0 Å². The summed E-state index contributed by atoms with van der Waals surface area (Å²) < 4.78 is 36.1. The molecule has 1 atom stereocenters. The molecule has 1 unspecified atom stereocenters. The summed E-state index contributed by atoms with van der Waals surface area (Å²) in [4.78, 5) is 10.7. The number of carbonyl (C=O) groups is 1. The van der Waals surface area contributed by atoms with Crippen molar-refractivity contribution in [3.8, 4) is 0 Å². The first-order valence-electron chi connectivity index (χ1n) is 4.11. The first kappa shape index (κ1) is 13.2. The van der Waals surface area contributed by atoms with Gasteiger partial charge in [-0.25, -0.2) is 13.6 Å². The number of benzene rings is 1. The van der Waals surface area contributed by atoms with Crippen LogP contribution < -0.4 is 0 Å². The average molecular weight is 313 g/mol. The maximum Gasteiger partial charge on any atom is 0.336 e. The lowest BCUT2D eigenvalue weighted by Crippen LogP contribution is -2.11. The van der Waals surface area contributed by atoms with Crippen molar-refractivity contribution in [2.24, 2.45) is 0 Å². The molecule has 0 aliphatic heterocycles. The first-order chi connectivity index (χ1) is 7.41. The Hall–Kier alpha value is -0.820. The molecule has 0 aliphatic rings. The van der Waals surface area contributed by atoms with Gasteiger partial charge in [-0.05, 0) is 18.2 Å². The van der Waals surface area contributed by atoms with Crippen LogP contribution in [0.1, 0.15) is 10.4 Å². The van der Waals surface area contributed by atoms with Gasteiger partial charge in [0.25, 0.3) is 0 Å². The van der Waals surface area contributed by atoms with Crippen molar-refractivity contribution in [3.05, 3.63) is 28.2 Å². The van der Waals surface area contributed by atoms with Crippen LogP contribution in [-0.4, -0.2) is 27.5 Å². The second kappa shape index (κ2) is 5.49. The molecular formula is C9H7BrF2O3S. The van der Waals surface area contributed by atoms with E-state index in [9.17, 15) is 17.8 Å². The minimum absolute atomic E-state index is 0.0952. The van der Waals surface area contributed by atoms with E-state index < -0.39 is 28.9 Å². The standard InChI is InChI=1S/C9H7BrF2O3S/c10-5-1-2-6(9(13)14)7(3-5)16(15)4-8(11)12/h1-3,8H,4H2,(H,13,14). The van der Waals surface area contributed by atoms with Crippen LogP contribution in [0.25, 0.3) is 0 Å². The second-order valence-corrected chi connectivity index (χ2v) is 5.23. The Morgan fingerprint density at radius 1 is 1.50 bits per heavy atom. The van der Waals surface area contributed by atoms with Gasteiger partial charge in [0.15, 0.2) is 0 Å². The van der Waals surface area contributed by atoms with E-state index in [1.54, 1.807) is 0 Å². The second-order valence-electron chi connectivity index (χ2n) is 2.85. The van der Waals surface area contributed by atoms with Crippen molar-refractivity contribution >= 4 is 32.7 Å². The van der Waals surface area contributed by atoms with Gasteiger partial charge in [-0.2, -0.15) is 0 Å². The average Bonchev–Trinajstić information content (AvgIpc) is 2.15. The van der Waals surface area contributed by atoms with Crippen LogP contribution in [0, 0.1) is 0 Å². The molecule has 0 radical (unpaired) electrons. The fourth-order valence-electron chi connectivity index (χ4n) is 1.07. The molecule has 1 aromatic carbocycles. The van der Waals surface area contributed by atoms with Crippen LogP contribution in [0.2, 0.25) is 0 Å². The Balaban J connectivity index is 3.14. The van der Waals surface area contributed by atoms with Crippen molar-refractivity contribution in [3.63, 3.8) is 0 Å². The fourth-order valence-corrected chi connectivity index (χ4v) is 2.65. The molecule has 0 aromatic heterocycles. The van der Waals surface area contributed by atoms with Crippen LogP contribution in [0.5, 0.6) is 0 Å². The minimum atomic E-state index is -2.73. The van der Waals surface area contributed by atoms with E-state index in [0.29, 0.717) is 4.47 Å². The number of rotatable bonds is 4. The van der Waals surface area contributed by atoms with Crippen molar-refractivity contribution in [1.29, 1.82) is 0 Å². The van der Waals surface area contributed by atoms with Crippen LogP contribution in [-0.2, 0) is 10.8 Å². The summed E-state index contributed by atoms with van der Waals surface area (Å²) in [7, 11) is -2.02. The molecule has 7 heteroatoms. The Labute approximate surface area is 101 Å². The molecule has 88 valence electrons. The number of alkyl halides is 2. The molecule has 3 nitrogen and oxygen atoms in total. The number of halogens is 3. The molecule has 0 aliphatic carbocycles. The Bertz CT molecular complexity index is 437. The molecule has 0 amide bonds. The van der Waals surface area contributed by atoms with Crippen molar-refractivity contribution in [2.75, 3.05) is 5.75 Å². The lowest BCUT2D eigenvalue weighted by atomic mass is 10.2. The normalized spacial score (nSPS) is 12.8. The smallest absolute Gasteiger partial charge is 0.336 e. The topological polar surface area (TPSA) is 54.4 Å². The van der Waals surface area contributed by atoms with Gasteiger partial charge in [-0.3, -0.25) is 4.21 Å². The van der Waals surface area contributed by atoms with Gasteiger partial charge >= 0.3 is 5.97 Å². The highest BCUT2D eigenvalue weighted by Gasteiger charge is 2.18. The number of hydrogen-bond acceptors (Lipinski definition) is 2. The fraction of sp³-hybridized carbons (Fsp3) is 0.222. The van der Waals surface area contributed by atoms with Crippen LogP contribution in [0.4, 0.5) is 8.78 Å². The van der Waals surface area contributed by atoms with Crippen molar-refractivity contribution in [1.82, 2.24) is 0 Å². The highest BCUT2D eigenvalue weighted by atomic mass is 79.9. The number of carboxylic acid groups (broad SMARTS) is 1. The highest BCUT2D eigenvalue weighted by molar-refractivity contribution is 9.10. The van der Waals surface area contributed by atoms with Gasteiger partial charge < -0.3 is 5.11 Å². The van der Waals surface area contributed by atoms with E-state index in [1.807, 2.05) is 0 Å². The van der Waals surface area contributed by atoms with Crippen LogP contribution in [0.3, 0.4) is 0 Å². The molecule has 0 heterocycles. The van der Waals surface area contributed by atoms with E-state index in [2.05, 4.69) is 15.9 Å². The Morgan fingerprint density at radius 2 is 2.12 bits per heavy atom. The number of aromatic carboxylic acids is 1. The van der Waals surface area contributed by atoms with Gasteiger partial charge in [-0.15, -0.1) is 0 Å². The van der Waals surface area contributed by atoms with Crippen molar-refractivity contribution < 1.29 is 22.9 Å². The largest absolute Gasteiger partial charge is 0.478 e. The third-order valence-electron chi connectivity index (χ3n) is 1.70. The van der Waals surface area contributed by atoms with Gasteiger partial charge in [0.1, 0.15) is 0 Å². The molecule has 0 saturated heterocycles. The first-order valence-corrected chi connectivity index (χ1v) is 6.22. The number of hydrogen-bond donors (Lipinski definition) is 1. The summed E-state index contributed by atoms with van der Waals surface area (Å²) in [5.41, 5.74) is -0.220. The van der Waals surface area contributed by atoms with Gasteiger partial charge in [0.05, 0.1) is 27.0 Å². The van der Waals surface area contributed by atoms with E-state index in [4.69, 9.17) is 5.11 Å². The predicted octanol–water partition coefficient (Wildman–Crippen LogP) is 2.52. The lowest BCUT2D eigenvalue weighted by Gasteiger charge is -2.06. The maximum atomic E-state index is 12.1. The SMILES string of the molecule is O=C(O)c1ccc(Br)cc1S(=O)CC(F)F.